The molecule has 238 valence electrons. The van der Waals surface area contributed by atoms with Crippen LogP contribution < -0.4 is 0 Å². The van der Waals surface area contributed by atoms with E-state index in [1.54, 1.807) is 26.9 Å². The summed E-state index contributed by atoms with van der Waals surface area (Å²) in [6.45, 7) is 1.04. The van der Waals surface area contributed by atoms with Gasteiger partial charge in [0.25, 0.3) is 0 Å². The van der Waals surface area contributed by atoms with Gasteiger partial charge in [-0.15, -0.1) is 5.10 Å². The molecule has 1 fully saturated rings. The first kappa shape index (κ1) is 30.3. The lowest BCUT2D eigenvalue weighted by Gasteiger charge is -2.36. The van der Waals surface area contributed by atoms with E-state index in [2.05, 4.69) is 26.6 Å². The van der Waals surface area contributed by atoms with Crippen molar-refractivity contribution in [2.24, 2.45) is 0 Å². The number of aliphatic hydroxyl groups is 2. The minimum Gasteiger partial charge on any atom is -0.388 e. The third kappa shape index (κ3) is 6.79. The Morgan fingerprint density at radius 3 is 1.83 bits per heavy atom. The Morgan fingerprint density at radius 1 is 0.660 bits per heavy atom. The first-order valence-electron chi connectivity index (χ1n) is 15.9. The van der Waals surface area contributed by atoms with Gasteiger partial charge in [0.1, 0.15) is 12.2 Å². The van der Waals surface area contributed by atoms with Crippen LogP contribution in [0.4, 0.5) is 4.79 Å². The number of nitrogens with zero attached hydrogens (tertiary/aromatic N) is 6. The van der Waals surface area contributed by atoms with Crippen molar-refractivity contribution in [3.8, 4) is 0 Å². The highest BCUT2D eigenvalue weighted by Crippen LogP contribution is 2.30. The first-order chi connectivity index (χ1) is 23.0. The molecule has 4 atom stereocenters. The maximum Gasteiger partial charge on any atom is 0.321 e. The fraction of sp³-hybridized carbons (Fsp3) is 0.243. The molecule has 6 aromatic rings. The van der Waals surface area contributed by atoms with Crippen LogP contribution in [0.1, 0.15) is 27.8 Å². The summed E-state index contributed by atoms with van der Waals surface area (Å²) in [5.41, 5.74) is 5.69. The molecule has 0 unspecified atom stereocenters. The van der Waals surface area contributed by atoms with Gasteiger partial charge in [0.2, 0.25) is 0 Å². The molecule has 7 rings (SSSR count). The highest BCUT2D eigenvalue weighted by Gasteiger charge is 2.46. The van der Waals surface area contributed by atoms with Crippen molar-refractivity contribution in [2.75, 3.05) is 0 Å². The molecule has 4 aromatic carbocycles. The molecular weight excluding hydrogens is 590 g/mol. The average molecular weight is 628 g/mol. The zero-order valence-corrected chi connectivity index (χ0v) is 25.9. The number of aliphatic hydroxyl groups excluding tert-OH is 2. The average Bonchev–Trinajstić information content (AvgIpc) is 3.79. The number of benzene rings is 4. The molecule has 0 radical (unpaired) electrons. The summed E-state index contributed by atoms with van der Waals surface area (Å²) in [6.07, 6.45) is 3.59. The molecule has 2 aromatic heterocycles. The van der Waals surface area contributed by atoms with E-state index in [0.717, 1.165) is 38.7 Å². The molecule has 10 nitrogen and oxygen atoms in total. The quantitative estimate of drug-likeness (QED) is 0.204. The second-order valence-corrected chi connectivity index (χ2v) is 12.2. The first-order valence-corrected chi connectivity index (χ1v) is 15.9. The minimum absolute atomic E-state index is 0.239. The lowest BCUT2D eigenvalue weighted by molar-refractivity contribution is -0.0408. The van der Waals surface area contributed by atoms with Crippen LogP contribution in [0.5, 0.6) is 0 Å². The van der Waals surface area contributed by atoms with Crippen LogP contribution in [0.15, 0.2) is 122 Å². The topological polar surface area (TPSA) is 123 Å². The smallest absolute Gasteiger partial charge is 0.321 e. The Labute approximate surface area is 272 Å². The van der Waals surface area contributed by atoms with Gasteiger partial charge in [-0.05, 0) is 52.8 Å². The Balaban J connectivity index is 1.28. The summed E-state index contributed by atoms with van der Waals surface area (Å²) in [7, 11) is 0. The summed E-state index contributed by atoms with van der Waals surface area (Å²) in [4.78, 5) is 18.5. The fourth-order valence-corrected chi connectivity index (χ4v) is 6.63. The molecule has 47 heavy (non-hydrogen) atoms. The Morgan fingerprint density at radius 2 is 1.23 bits per heavy atom. The fourth-order valence-electron chi connectivity index (χ4n) is 6.63. The molecule has 0 aliphatic carbocycles. The number of hydrogen-bond donors (Lipinski definition) is 3. The largest absolute Gasteiger partial charge is 0.388 e. The van der Waals surface area contributed by atoms with Gasteiger partial charge in [-0.3, -0.25) is 5.10 Å². The molecule has 1 aliphatic heterocycles. The van der Waals surface area contributed by atoms with Crippen molar-refractivity contribution >= 4 is 16.9 Å². The van der Waals surface area contributed by atoms with E-state index in [0.29, 0.717) is 19.4 Å². The standard InChI is InChI=1S/C37H37N7O3/c45-35-33(20-26-8-3-1-4-9-26)43(24-29-13-7-12-28(18-29)23-42-17-16-38-41-42)37(47)44(25-30-14-15-32-31(19-30)22-39-40-32)34(36(35)46)21-27-10-5-2-6-11-27/h1-19,22,33-36,45-46H,20-21,23-25H2,(H,39,40)/t33-,34-,35+,36+/m1/s1. The zero-order chi connectivity index (χ0) is 32.2. The van der Waals surface area contributed by atoms with Crippen LogP contribution in [-0.2, 0) is 32.5 Å². The molecule has 3 N–H and O–H groups in total. The summed E-state index contributed by atoms with van der Waals surface area (Å²) < 4.78 is 1.75. The van der Waals surface area contributed by atoms with Gasteiger partial charge in [-0.2, -0.15) is 5.10 Å². The van der Waals surface area contributed by atoms with E-state index in [-0.39, 0.29) is 19.1 Å². The van der Waals surface area contributed by atoms with E-state index >= 15 is 0 Å². The van der Waals surface area contributed by atoms with Crippen LogP contribution in [0, 0.1) is 0 Å². The highest BCUT2D eigenvalue weighted by molar-refractivity contribution is 5.79. The van der Waals surface area contributed by atoms with Crippen molar-refractivity contribution in [3.63, 3.8) is 0 Å². The van der Waals surface area contributed by atoms with E-state index < -0.39 is 24.3 Å². The lowest BCUT2D eigenvalue weighted by atomic mass is 9.91. The Kier molecular flexibility index (Phi) is 8.77. The SMILES string of the molecule is O=C1N(Cc2cccc(Cn3ccnn3)c2)[C@H](Cc2ccccc2)[C@H](O)[C@@H](O)[C@@H](Cc2ccccc2)N1Cc1ccc2[nH]ncc2c1. The Hall–Kier alpha value is -5.32. The summed E-state index contributed by atoms with van der Waals surface area (Å²) in [5.74, 6) is 0. The molecular formula is C37H37N7O3. The number of aromatic amines is 1. The van der Waals surface area contributed by atoms with Gasteiger partial charge < -0.3 is 20.0 Å². The van der Waals surface area contributed by atoms with E-state index in [1.807, 2.05) is 103 Å². The predicted molar refractivity (Wildman–Crippen MR) is 178 cm³/mol. The highest BCUT2D eigenvalue weighted by atomic mass is 16.3. The molecule has 0 saturated carbocycles. The van der Waals surface area contributed by atoms with Crippen molar-refractivity contribution < 1.29 is 15.0 Å². The maximum absolute atomic E-state index is 15.0. The predicted octanol–water partition coefficient (Wildman–Crippen LogP) is 4.58. The van der Waals surface area contributed by atoms with Crippen molar-refractivity contribution in [2.45, 2.75) is 56.8 Å². The van der Waals surface area contributed by atoms with Crippen LogP contribution in [-0.4, -0.2) is 75.5 Å². The number of H-pyrrole nitrogens is 1. The monoisotopic (exact) mass is 627 g/mol. The molecule has 0 spiro atoms. The summed E-state index contributed by atoms with van der Waals surface area (Å²) in [6, 6.07) is 32.0. The van der Waals surface area contributed by atoms with Crippen molar-refractivity contribution in [1.82, 2.24) is 35.0 Å². The van der Waals surface area contributed by atoms with Crippen LogP contribution in [0.25, 0.3) is 10.9 Å². The van der Waals surface area contributed by atoms with Crippen molar-refractivity contribution in [3.05, 3.63) is 150 Å². The molecule has 1 saturated heterocycles. The molecule has 10 heteroatoms. The number of fused-ring (bicyclic) bond motifs is 1. The van der Waals surface area contributed by atoms with E-state index in [9.17, 15) is 15.0 Å². The number of amides is 2. The second-order valence-electron chi connectivity index (χ2n) is 12.2. The van der Waals surface area contributed by atoms with E-state index in [4.69, 9.17) is 0 Å². The Bertz CT molecular complexity index is 1910. The second kappa shape index (κ2) is 13.6. The zero-order valence-electron chi connectivity index (χ0n) is 25.9. The van der Waals surface area contributed by atoms with Gasteiger partial charge in [-0.25, -0.2) is 9.48 Å². The number of hydrogen-bond acceptors (Lipinski definition) is 6. The number of nitrogens with one attached hydrogen (secondary N) is 1. The van der Waals surface area contributed by atoms with Gasteiger partial charge in [0, 0.05) is 24.7 Å². The lowest BCUT2D eigenvalue weighted by Crippen LogP contribution is -2.50. The number of aromatic nitrogens is 5. The minimum atomic E-state index is -1.20. The number of rotatable bonds is 10. The normalized spacial score (nSPS) is 20.1. The van der Waals surface area contributed by atoms with Gasteiger partial charge in [0.15, 0.2) is 0 Å². The molecule has 3 heterocycles. The van der Waals surface area contributed by atoms with Crippen LogP contribution in [0.2, 0.25) is 0 Å². The van der Waals surface area contributed by atoms with Crippen LogP contribution in [0.3, 0.4) is 0 Å². The number of urea groups is 1. The number of carbonyl (C=O) groups is 1. The van der Waals surface area contributed by atoms with Gasteiger partial charge in [0.05, 0.1) is 36.5 Å². The summed E-state index contributed by atoms with van der Waals surface area (Å²) in [5, 5.41) is 40.1. The third-order valence-electron chi connectivity index (χ3n) is 9.02. The maximum atomic E-state index is 15.0. The van der Waals surface area contributed by atoms with Gasteiger partial charge >= 0.3 is 6.03 Å². The molecule has 0 bridgehead atoms. The van der Waals surface area contributed by atoms with Crippen LogP contribution >= 0.6 is 0 Å². The van der Waals surface area contributed by atoms with Crippen molar-refractivity contribution in [1.29, 1.82) is 0 Å². The number of carbonyl (C=O) groups excluding carboxylic acids is 1. The summed E-state index contributed by atoms with van der Waals surface area (Å²) >= 11 is 0. The molecule has 1 aliphatic rings. The molecule has 2 amide bonds. The third-order valence-corrected chi connectivity index (χ3v) is 9.02. The van der Waals surface area contributed by atoms with E-state index in [1.165, 1.54) is 0 Å². The van der Waals surface area contributed by atoms with Gasteiger partial charge in [-0.1, -0.05) is 96.2 Å².